The SMILES string of the molecule is Cc1cc2c(c3cc4c(cc13)OCC4)-c1ccccc1CC2. The summed E-state index contributed by atoms with van der Waals surface area (Å²) in [6.07, 6.45) is 3.34. The van der Waals surface area contributed by atoms with Crippen molar-refractivity contribution in [1.29, 1.82) is 0 Å². The molecule has 0 N–H and O–H groups in total. The Morgan fingerprint density at radius 3 is 2.64 bits per heavy atom. The molecule has 0 atom stereocenters. The first-order chi connectivity index (χ1) is 10.8. The predicted molar refractivity (Wildman–Crippen MR) is 90.7 cm³/mol. The Hall–Kier alpha value is -2.28. The van der Waals surface area contributed by atoms with Crippen LogP contribution in [0.3, 0.4) is 0 Å². The summed E-state index contributed by atoms with van der Waals surface area (Å²) in [6.45, 7) is 3.05. The molecular formula is C21H18O. The zero-order valence-electron chi connectivity index (χ0n) is 12.8. The summed E-state index contributed by atoms with van der Waals surface area (Å²) < 4.78 is 5.78. The maximum atomic E-state index is 5.78. The molecule has 0 amide bonds. The van der Waals surface area contributed by atoms with Crippen molar-refractivity contribution in [3.8, 4) is 16.9 Å². The minimum absolute atomic E-state index is 0.823. The van der Waals surface area contributed by atoms with E-state index in [0.717, 1.165) is 31.6 Å². The monoisotopic (exact) mass is 286 g/mol. The van der Waals surface area contributed by atoms with Crippen molar-refractivity contribution in [3.63, 3.8) is 0 Å². The lowest BCUT2D eigenvalue weighted by Gasteiger charge is -2.23. The highest BCUT2D eigenvalue weighted by Gasteiger charge is 2.22. The van der Waals surface area contributed by atoms with E-state index in [1.807, 2.05) is 0 Å². The average Bonchev–Trinajstić information content (AvgIpc) is 3.00. The van der Waals surface area contributed by atoms with E-state index in [1.54, 1.807) is 0 Å². The maximum Gasteiger partial charge on any atom is 0.123 e. The van der Waals surface area contributed by atoms with Gasteiger partial charge in [-0.15, -0.1) is 0 Å². The zero-order valence-corrected chi connectivity index (χ0v) is 12.8. The Morgan fingerprint density at radius 2 is 1.68 bits per heavy atom. The van der Waals surface area contributed by atoms with Crippen molar-refractivity contribution in [2.45, 2.75) is 26.2 Å². The molecule has 108 valence electrons. The van der Waals surface area contributed by atoms with E-state index in [1.165, 1.54) is 44.2 Å². The summed E-state index contributed by atoms with van der Waals surface area (Å²) in [6, 6.07) is 15.9. The molecule has 1 heteroatoms. The van der Waals surface area contributed by atoms with Crippen LogP contribution < -0.4 is 4.74 Å². The second-order valence-corrected chi connectivity index (χ2v) is 6.49. The van der Waals surface area contributed by atoms with Gasteiger partial charge in [0.15, 0.2) is 0 Å². The third-order valence-electron chi connectivity index (χ3n) is 5.19. The van der Waals surface area contributed by atoms with Gasteiger partial charge in [0, 0.05) is 6.42 Å². The molecule has 0 saturated heterocycles. The second-order valence-electron chi connectivity index (χ2n) is 6.49. The molecule has 3 aromatic rings. The van der Waals surface area contributed by atoms with Crippen molar-refractivity contribution >= 4 is 10.8 Å². The van der Waals surface area contributed by atoms with Crippen LogP contribution >= 0.6 is 0 Å². The molecule has 1 heterocycles. The molecule has 22 heavy (non-hydrogen) atoms. The van der Waals surface area contributed by atoms with Crippen molar-refractivity contribution in [2.24, 2.45) is 0 Å². The van der Waals surface area contributed by atoms with Crippen LogP contribution in [0.15, 0.2) is 42.5 Å². The first-order valence-electron chi connectivity index (χ1n) is 8.11. The third-order valence-corrected chi connectivity index (χ3v) is 5.19. The minimum Gasteiger partial charge on any atom is -0.493 e. The van der Waals surface area contributed by atoms with Crippen LogP contribution in [-0.4, -0.2) is 6.61 Å². The van der Waals surface area contributed by atoms with E-state index < -0.39 is 0 Å². The van der Waals surface area contributed by atoms with Gasteiger partial charge in [-0.1, -0.05) is 30.3 Å². The fourth-order valence-corrected chi connectivity index (χ4v) is 4.11. The molecule has 2 aliphatic rings. The van der Waals surface area contributed by atoms with E-state index in [-0.39, 0.29) is 0 Å². The topological polar surface area (TPSA) is 9.23 Å². The number of rotatable bonds is 0. The summed E-state index contributed by atoms with van der Waals surface area (Å²) >= 11 is 0. The van der Waals surface area contributed by atoms with Crippen LogP contribution in [-0.2, 0) is 19.3 Å². The smallest absolute Gasteiger partial charge is 0.123 e. The van der Waals surface area contributed by atoms with Gasteiger partial charge in [0.2, 0.25) is 0 Å². The molecule has 0 unspecified atom stereocenters. The Labute approximate surface area is 130 Å². The maximum absolute atomic E-state index is 5.78. The van der Waals surface area contributed by atoms with Crippen molar-refractivity contribution in [1.82, 2.24) is 0 Å². The average molecular weight is 286 g/mol. The summed E-state index contributed by atoms with van der Waals surface area (Å²) in [5.74, 6) is 1.08. The quantitative estimate of drug-likeness (QED) is 0.574. The van der Waals surface area contributed by atoms with Crippen LogP contribution in [0.2, 0.25) is 0 Å². The van der Waals surface area contributed by atoms with Gasteiger partial charge in [0.25, 0.3) is 0 Å². The lowest BCUT2D eigenvalue weighted by atomic mass is 9.81. The number of benzene rings is 3. The van der Waals surface area contributed by atoms with Crippen LogP contribution in [0, 0.1) is 6.92 Å². The molecular weight excluding hydrogens is 268 g/mol. The normalized spacial score (nSPS) is 15.1. The Kier molecular flexibility index (Phi) is 2.43. The van der Waals surface area contributed by atoms with Crippen molar-refractivity contribution in [3.05, 3.63) is 64.7 Å². The molecule has 0 spiro atoms. The lowest BCUT2D eigenvalue weighted by molar-refractivity contribution is 0.357. The molecule has 0 fully saturated rings. The first kappa shape index (κ1) is 12.3. The van der Waals surface area contributed by atoms with Crippen LogP contribution in [0.5, 0.6) is 5.75 Å². The van der Waals surface area contributed by atoms with Gasteiger partial charge in [-0.25, -0.2) is 0 Å². The number of hydrogen-bond acceptors (Lipinski definition) is 1. The standard InChI is InChI=1S/C21H18O/c1-13-10-16-7-6-14-4-2-3-5-17(14)21(16)19-11-15-8-9-22-20(15)12-18(13)19/h2-5,10-12H,6-9H2,1H3. The van der Waals surface area contributed by atoms with E-state index in [2.05, 4.69) is 49.4 Å². The summed E-state index contributed by atoms with van der Waals surface area (Å²) in [7, 11) is 0. The molecule has 1 nitrogen and oxygen atoms in total. The second kappa shape index (κ2) is 4.36. The van der Waals surface area contributed by atoms with Gasteiger partial charge in [-0.3, -0.25) is 0 Å². The predicted octanol–water partition coefficient (Wildman–Crippen LogP) is 4.85. The Morgan fingerprint density at radius 1 is 0.818 bits per heavy atom. The van der Waals surface area contributed by atoms with Crippen molar-refractivity contribution < 1.29 is 4.74 Å². The fourth-order valence-electron chi connectivity index (χ4n) is 4.11. The summed E-state index contributed by atoms with van der Waals surface area (Å²) in [5.41, 5.74) is 8.60. The van der Waals surface area contributed by atoms with E-state index in [0.29, 0.717) is 0 Å². The molecule has 1 aliphatic carbocycles. The summed E-state index contributed by atoms with van der Waals surface area (Å²) in [5, 5.41) is 2.75. The number of fused-ring (bicyclic) bond motifs is 6. The molecule has 0 saturated carbocycles. The number of hydrogen-bond donors (Lipinski definition) is 0. The van der Waals surface area contributed by atoms with Gasteiger partial charge < -0.3 is 4.74 Å². The highest BCUT2D eigenvalue weighted by atomic mass is 16.5. The number of aryl methyl sites for hydroxylation is 3. The van der Waals surface area contributed by atoms with E-state index in [9.17, 15) is 0 Å². The van der Waals surface area contributed by atoms with Gasteiger partial charge in [0.1, 0.15) is 5.75 Å². The largest absolute Gasteiger partial charge is 0.493 e. The zero-order chi connectivity index (χ0) is 14.7. The van der Waals surface area contributed by atoms with Crippen LogP contribution in [0.4, 0.5) is 0 Å². The summed E-state index contributed by atoms with van der Waals surface area (Å²) in [4.78, 5) is 0. The van der Waals surface area contributed by atoms with Crippen LogP contribution in [0.1, 0.15) is 22.3 Å². The number of ether oxygens (including phenoxy) is 1. The molecule has 0 radical (unpaired) electrons. The van der Waals surface area contributed by atoms with E-state index in [4.69, 9.17) is 4.74 Å². The van der Waals surface area contributed by atoms with Gasteiger partial charge >= 0.3 is 0 Å². The Bertz CT molecular complexity index is 921. The Balaban J connectivity index is 1.92. The van der Waals surface area contributed by atoms with Crippen LogP contribution in [0.25, 0.3) is 21.9 Å². The van der Waals surface area contributed by atoms with Gasteiger partial charge in [-0.05, 0) is 76.1 Å². The lowest BCUT2D eigenvalue weighted by Crippen LogP contribution is -2.05. The third kappa shape index (κ3) is 1.60. The first-order valence-corrected chi connectivity index (χ1v) is 8.11. The fraction of sp³-hybridized carbons (Fsp3) is 0.238. The molecule has 3 aromatic carbocycles. The van der Waals surface area contributed by atoms with Crippen molar-refractivity contribution in [2.75, 3.05) is 6.61 Å². The molecule has 0 aromatic heterocycles. The van der Waals surface area contributed by atoms with E-state index >= 15 is 0 Å². The minimum atomic E-state index is 0.823. The molecule has 1 aliphatic heterocycles. The molecule has 0 bridgehead atoms. The highest BCUT2D eigenvalue weighted by Crippen LogP contribution is 2.42. The van der Waals surface area contributed by atoms with Gasteiger partial charge in [-0.2, -0.15) is 0 Å². The molecule has 5 rings (SSSR count). The van der Waals surface area contributed by atoms with Gasteiger partial charge in [0.05, 0.1) is 6.61 Å². The highest BCUT2D eigenvalue weighted by molar-refractivity contribution is 6.02.